The van der Waals surface area contributed by atoms with Gasteiger partial charge in [0.25, 0.3) is 0 Å². The van der Waals surface area contributed by atoms with E-state index in [1.54, 1.807) is 18.2 Å². The number of hydrogen-bond acceptors (Lipinski definition) is 1. The average Bonchev–Trinajstić information content (AvgIpc) is 2.35. The molecule has 100 valence electrons. The highest BCUT2D eigenvalue weighted by atomic mass is 19.4. The molecule has 0 saturated carbocycles. The van der Waals surface area contributed by atoms with Gasteiger partial charge in [-0.3, -0.25) is 4.79 Å². The van der Waals surface area contributed by atoms with Crippen LogP contribution in [0.3, 0.4) is 0 Å². The summed E-state index contributed by atoms with van der Waals surface area (Å²) >= 11 is 0. The molecule has 2 aromatic carbocycles. The fraction of sp³-hybridized carbons (Fsp3) is 0.214. The molecule has 0 aliphatic carbocycles. The summed E-state index contributed by atoms with van der Waals surface area (Å²) in [7, 11) is 0. The summed E-state index contributed by atoms with van der Waals surface area (Å²) in [5.74, 6) is -2.14. The lowest BCUT2D eigenvalue weighted by atomic mass is 9.91. The van der Waals surface area contributed by atoms with Gasteiger partial charge in [0, 0.05) is 0 Å². The summed E-state index contributed by atoms with van der Waals surface area (Å²) < 4.78 is 39.0. The van der Waals surface area contributed by atoms with E-state index in [0.717, 1.165) is 6.07 Å². The summed E-state index contributed by atoms with van der Waals surface area (Å²) in [5.41, 5.74) is -0.619. The third-order valence-electron chi connectivity index (χ3n) is 3.08. The summed E-state index contributed by atoms with van der Waals surface area (Å²) in [4.78, 5) is 11.0. The Hall–Kier alpha value is -2.04. The van der Waals surface area contributed by atoms with Gasteiger partial charge in [-0.05, 0) is 29.3 Å². The Labute approximate surface area is 107 Å². The van der Waals surface area contributed by atoms with Crippen molar-refractivity contribution >= 4 is 16.7 Å². The molecular formula is C14H11F3O2. The maximum atomic E-state index is 13.0. The van der Waals surface area contributed by atoms with Crippen LogP contribution < -0.4 is 0 Å². The maximum Gasteiger partial charge on any atom is 0.417 e. The molecule has 1 N–H and O–H groups in total. The Morgan fingerprint density at radius 1 is 1.16 bits per heavy atom. The first-order valence-corrected chi connectivity index (χ1v) is 5.64. The molecule has 5 heteroatoms. The molecule has 0 fully saturated rings. The highest BCUT2D eigenvalue weighted by molar-refractivity contribution is 5.93. The van der Waals surface area contributed by atoms with Gasteiger partial charge in [-0.15, -0.1) is 0 Å². The van der Waals surface area contributed by atoms with Crippen LogP contribution in [0.5, 0.6) is 0 Å². The zero-order chi connectivity index (χ0) is 14.2. The first-order valence-electron chi connectivity index (χ1n) is 5.64. The number of carboxylic acids is 1. The minimum atomic E-state index is -4.51. The fourth-order valence-corrected chi connectivity index (χ4v) is 2.10. The fourth-order valence-electron chi connectivity index (χ4n) is 2.10. The molecule has 19 heavy (non-hydrogen) atoms. The molecule has 0 spiro atoms. The highest BCUT2D eigenvalue weighted by Crippen LogP contribution is 2.38. The van der Waals surface area contributed by atoms with Crippen LogP contribution in [0.4, 0.5) is 13.2 Å². The number of fused-ring (bicyclic) bond motifs is 1. The summed E-state index contributed by atoms with van der Waals surface area (Å²) in [5, 5.41) is 9.36. The quantitative estimate of drug-likeness (QED) is 0.892. The third-order valence-corrected chi connectivity index (χ3v) is 3.08. The van der Waals surface area contributed by atoms with Gasteiger partial charge < -0.3 is 5.11 Å². The van der Waals surface area contributed by atoms with Gasteiger partial charge in [-0.25, -0.2) is 0 Å². The van der Waals surface area contributed by atoms with Crippen LogP contribution in [0.2, 0.25) is 0 Å². The van der Waals surface area contributed by atoms with Crippen molar-refractivity contribution in [2.24, 2.45) is 0 Å². The minimum absolute atomic E-state index is 0.0348. The Kier molecular flexibility index (Phi) is 3.22. The van der Waals surface area contributed by atoms with Crippen LogP contribution in [0.1, 0.15) is 24.0 Å². The number of carboxylic acid groups (broad SMARTS) is 1. The largest absolute Gasteiger partial charge is 0.481 e. The second kappa shape index (κ2) is 4.57. The van der Waals surface area contributed by atoms with Crippen molar-refractivity contribution in [3.05, 3.63) is 47.5 Å². The molecule has 1 unspecified atom stereocenters. The normalized spacial score (nSPS) is 13.5. The first kappa shape index (κ1) is 13.4. The van der Waals surface area contributed by atoms with Crippen LogP contribution in [-0.4, -0.2) is 11.1 Å². The van der Waals surface area contributed by atoms with E-state index < -0.39 is 23.6 Å². The van der Waals surface area contributed by atoms with Gasteiger partial charge >= 0.3 is 12.1 Å². The van der Waals surface area contributed by atoms with Crippen molar-refractivity contribution in [3.63, 3.8) is 0 Å². The molecule has 0 amide bonds. The second-order valence-corrected chi connectivity index (χ2v) is 4.31. The number of hydrogen-bond donors (Lipinski definition) is 1. The van der Waals surface area contributed by atoms with Crippen LogP contribution in [-0.2, 0) is 11.0 Å². The predicted molar refractivity (Wildman–Crippen MR) is 65.0 cm³/mol. The molecule has 0 aliphatic heterocycles. The van der Waals surface area contributed by atoms with Gasteiger partial charge in [-0.1, -0.05) is 30.3 Å². The first-order chi connectivity index (χ1) is 8.82. The van der Waals surface area contributed by atoms with E-state index in [0.29, 0.717) is 5.39 Å². The molecule has 0 bridgehead atoms. The van der Waals surface area contributed by atoms with Gasteiger partial charge in [0.15, 0.2) is 0 Å². The van der Waals surface area contributed by atoms with E-state index in [1.807, 2.05) is 0 Å². The van der Waals surface area contributed by atoms with E-state index >= 15 is 0 Å². The lowest BCUT2D eigenvalue weighted by Crippen LogP contribution is -2.11. The number of aliphatic carboxylic acids is 1. The molecule has 2 aromatic rings. The Balaban J connectivity index is 2.82. The lowest BCUT2D eigenvalue weighted by Gasteiger charge is -2.16. The number of carbonyl (C=O) groups is 1. The summed E-state index contributed by atoms with van der Waals surface area (Å²) in [6.07, 6.45) is -4.51. The molecule has 0 heterocycles. The van der Waals surface area contributed by atoms with Crippen molar-refractivity contribution in [2.45, 2.75) is 19.0 Å². The standard InChI is InChI=1S/C14H11F3O2/c1-8(13(18)19)10-6-2-4-9-5-3-7-11(12(9)10)14(15,16)17/h2-8H,1H3,(H,18,19). The van der Waals surface area contributed by atoms with Crippen molar-refractivity contribution in [1.29, 1.82) is 0 Å². The van der Waals surface area contributed by atoms with Crippen LogP contribution >= 0.6 is 0 Å². The van der Waals surface area contributed by atoms with E-state index in [-0.39, 0.29) is 10.9 Å². The number of alkyl halides is 3. The smallest absolute Gasteiger partial charge is 0.417 e. The van der Waals surface area contributed by atoms with E-state index in [1.165, 1.54) is 19.1 Å². The van der Waals surface area contributed by atoms with E-state index in [2.05, 4.69) is 0 Å². The Bertz CT molecular complexity index is 627. The molecule has 0 aromatic heterocycles. The molecule has 2 nitrogen and oxygen atoms in total. The van der Waals surface area contributed by atoms with E-state index in [9.17, 15) is 18.0 Å². The predicted octanol–water partition coefficient (Wildman–Crippen LogP) is 4.05. The zero-order valence-corrected chi connectivity index (χ0v) is 10.0. The second-order valence-electron chi connectivity index (χ2n) is 4.31. The van der Waals surface area contributed by atoms with Crippen LogP contribution in [0.15, 0.2) is 36.4 Å². The van der Waals surface area contributed by atoms with Gasteiger partial charge in [-0.2, -0.15) is 13.2 Å². The minimum Gasteiger partial charge on any atom is -0.481 e. The number of rotatable bonds is 2. The van der Waals surface area contributed by atoms with Gasteiger partial charge in [0.05, 0.1) is 11.5 Å². The lowest BCUT2D eigenvalue weighted by molar-refractivity contribution is -0.139. The number of benzene rings is 2. The molecular weight excluding hydrogens is 257 g/mol. The third kappa shape index (κ3) is 2.41. The van der Waals surface area contributed by atoms with Crippen molar-refractivity contribution in [3.8, 4) is 0 Å². The van der Waals surface area contributed by atoms with Crippen LogP contribution in [0, 0.1) is 0 Å². The molecule has 0 saturated heterocycles. The average molecular weight is 268 g/mol. The molecule has 1 atom stereocenters. The summed E-state index contributed by atoms with van der Waals surface area (Å²) in [6, 6.07) is 8.37. The van der Waals surface area contributed by atoms with Crippen LogP contribution in [0.25, 0.3) is 10.8 Å². The molecule has 0 radical (unpaired) electrons. The molecule has 2 rings (SSSR count). The van der Waals surface area contributed by atoms with E-state index in [4.69, 9.17) is 5.11 Å². The monoisotopic (exact) mass is 268 g/mol. The van der Waals surface area contributed by atoms with Gasteiger partial charge in [0.1, 0.15) is 0 Å². The highest BCUT2D eigenvalue weighted by Gasteiger charge is 2.34. The van der Waals surface area contributed by atoms with Crippen molar-refractivity contribution in [2.75, 3.05) is 0 Å². The van der Waals surface area contributed by atoms with Gasteiger partial charge in [0.2, 0.25) is 0 Å². The van der Waals surface area contributed by atoms with Crippen molar-refractivity contribution < 1.29 is 23.1 Å². The zero-order valence-electron chi connectivity index (χ0n) is 10.0. The SMILES string of the molecule is CC(C(=O)O)c1cccc2cccc(C(F)(F)F)c12. The summed E-state index contributed by atoms with van der Waals surface area (Å²) in [6.45, 7) is 1.38. The molecule has 0 aliphatic rings. The number of halogens is 3. The topological polar surface area (TPSA) is 37.3 Å². The Morgan fingerprint density at radius 3 is 2.26 bits per heavy atom. The maximum absolute atomic E-state index is 13.0. The van der Waals surface area contributed by atoms with Crippen molar-refractivity contribution in [1.82, 2.24) is 0 Å². The Morgan fingerprint density at radius 2 is 1.74 bits per heavy atom.